The number of rotatable bonds is 16. The lowest BCUT2D eigenvalue weighted by Crippen LogP contribution is -2.43. The summed E-state index contributed by atoms with van der Waals surface area (Å²) in [5.74, 6) is -1.68. The molecule has 0 aromatic carbocycles. The maximum Gasteiger partial charge on any atom is 0.408 e. The third-order valence-electron chi connectivity index (χ3n) is 6.47. The van der Waals surface area contributed by atoms with Crippen molar-refractivity contribution in [1.29, 1.82) is 0 Å². The minimum atomic E-state index is -1.16. The second-order valence-electron chi connectivity index (χ2n) is 13.2. The summed E-state index contributed by atoms with van der Waals surface area (Å²) in [5.41, 5.74) is 0.710. The van der Waals surface area contributed by atoms with Crippen LogP contribution in [0.4, 0.5) is 21.5 Å². The molecule has 3 aromatic rings. The number of aliphatic carboxylic acids is 2. The number of amides is 2. The second kappa shape index (κ2) is 17.7. The molecule has 270 valence electrons. The topological polar surface area (TPSA) is 240 Å². The van der Waals surface area contributed by atoms with Crippen LogP contribution in [0.5, 0.6) is 0 Å². The first-order chi connectivity index (χ1) is 23.5. The summed E-state index contributed by atoms with van der Waals surface area (Å²) < 4.78 is 10.3. The van der Waals surface area contributed by atoms with Crippen LogP contribution in [0.25, 0.3) is 22.8 Å². The van der Waals surface area contributed by atoms with Gasteiger partial charge in [-0.25, -0.2) is 44.1 Å². The Morgan fingerprint density at radius 3 is 1.38 bits per heavy atom. The molecule has 3 heterocycles. The van der Waals surface area contributed by atoms with Crippen molar-refractivity contribution in [3.63, 3.8) is 0 Å². The van der Waals surface area contributed by atoms with Crippen LogP contribution in [0.2, 0.25) is 0 Å². The third kappa shape index (κ3) is 13.9. The van der Waals surface area contributed by atoms with Crippen LogP contribution in [-0.2, 0) is 19.1 Å². The fraction of sp³-hybridized carbons (Fsp3) is 0.485. The van der Waals surface area contributed by atoms with Crippen molar-refractivity contribution in [3.8, 4) is 22.8 Å². The molecule has 6 N–H and O–H groups in total. The summed E-state index contributed by atoms with van der Waals surface area (Å²) >= 11 is 0. The van der Waals surface area contributed by atoms with Gasteiger partial charge in [0.05, 0.1) is 22.8 Å². The fourth-order valence-corrected chi connectivity index (χ4v) is 4.32. The highest BCUT2D eigenvalue weighted by Gasteiger charge is 2.25. The standard InChI is InChI=1S/C33H45N9O8/c1-32(2,3)49-30(47)41-24(26(43)44)12-8-16-34-28-36-18-14-22(39-28)20-10-7-11-21(38-20)23-15-19-37-29(40-23)35-17-9-13-25(27(45)46)42-31(48)50-33(4,5)6/h7,10-11,14-15,18-19,24-25H,8-9,12-13,16-17H2,1-6H3,(H,41,47)(H,42,48)(H,43,44)(H,45,46)(H,34,36,39)(H,35,37,40)/t24-,25-/m0/s1. The molecule has 2 atom stereocenters. The molecule has 0 saturated heterocycles. The summed E-state index contributed by atoms with van der Waals surface area (Å²) in [6, 6.07) is 6.59. The molecular weight excluding hydrogens is 650 g/mol. The number of hydrogen-bond donors (Lipinski definition) is 6. The predicted octanol–water partition coefficient (Wildman–Crippen LogP) is 4.34. The van der Waals surface area contributed by atoms with E-state index in [9.17, 15) is 29.4 Å². The van der Waals surface area contributed by atoms with Crippen LogP contribution in [0.1, 0.15) is 67.2 Å². The summed E-state index contributed by atoms with van der Waals surface area (Å²) in [4.78, 5) is 69.5. The van der Waals surface area contributed by atoms with Gasteiger partial charge in [0.25, 0.3) is 0 Å². The van der Waals surface area contributed by atoms with Gasteiger partial charge in [0, 0.05) is 25.5 Å². The monoisotopic (exact) mass is 695 g/mol. The SMILES string of the molecule is CC(C)(C)OC(=O)N[C@@H](CCCNc1nccc(-c2cccc(-c3ccnc(NCCC[C@H](NC(=O)OC(C)(C)C)C(=O)O)n3)n2)n1)C(=O)O. The first-order valence-corrected chi connectivity index (χ1v) is 16.1. The van der Waals surface area contributed by atoms with E-state index in [1.165, 1.54) is 0 Å². The number of carbonyl (C=O) groups is 4. The molecule has 0 radical (unpaired) electrons. The van der Waals surface area contributed by atoms with Crippen molar-refractivity contribution in [2.24, 2.45) is 0 Å². The van der Waals surface area contributed by atoms with Gasteiger partial charge in [0.15, 0.2) is 0 Å². The summed E-state index contributed by atoms with van der Waals surface area (Å²) in [6.45, 7) is 10.9. The smallest absolute Gasteiger partial charge is 0.408 e. The van der Waals surface area contributed by atoms with Gasteiger partial charge in [-0.2, -0.15) is 0 Å². The molecular formula is C33H45N9O8. The molecule has 0 spiro atoms. The van der Waals surface area contributed by atoms with Gasteiger partial charge in [-0.3, -0.25) is 0 Å². The van der Waals surface area contributed by atoms with Gasteiger partial charge >= 0.3 is 24.1 Å². The highest BCUT2D eigenvalue weighted by Crippen LogP contribution is 2.21. The molecule has 2 amide bonds. The van der Waals surface area contributed by atoms with E-state index in [-0.39, 0.29) is 12.8 Å². The van der Waals surface area contributed by atoms with Crippen molar-refractivity contribution in [3.05, 3.63) is 42.7 Å². The Hall–Kier alpha value is -5.61. The maximum atomic E-state index is 12.0. The van der Waals surface area contributed by atoms with Crippen LogP contribution in [0.3, 0.4) is 0 Å². The lowest BCUT2D eigenvalue weighted by Gasteiger charge is -2.22. The zero-order valence-electron chi connectivity index (χ0n) is 29.0. The van der Waals surface area contributed by atoms with Crippen molar-refractivity contribution in [2.75, 3.05) is 23.7 Å². The Labute approximate surface area is 290 Å². The Morgan fingerprint density at radius 1 is 0.640 bits per heavy atom. The first kappa shape index (κ1) is 38.8. The van der Waals surface area contributed by atoms with Crippen LogP contribution < -0.4 is 21.3 Å². The third-order valence-corrected chi connectivity index (χ3v) is 6.47. The highest BCUT2D eigenvalue weighted by molar-refractivity contribution is 5.80. The molecule has 0 aliphatic carbocycles. The minimum Gasteiger partial charge on any atom is -0.480 e. The van der Waals surface area contributed by atoms with Gasteiger partial charge in [-0.1, -0.05) is 6.07 Å². The number of carbonyl (C=O) groups excluding carboxylic acids is 2. The zero-order chi connectivity index (χ0) is 36.9. The molecule has 0 aliphatic heterocycles. The molecule has 3 aromatic heterocycles. The Balaban J connectivity index is 1.55. The van der Waals surface area contributed by atoms with Gasteiger partial charge in [-0.15, -0.1) is 0 Å². The number of nitrogens with zero attached hydrogens (tertiary/aromatic N) is 5. The number of hydrogen-bond acceptors (Lipinski definition) is 13. The predicted molar refractivity (Wildman–Crippen MR) is 183 cm³/mol. The molecule has 0 aliphatic rings. The van der Waals surface area contributed by atoms with E-state index >= 15 is 0 Å². The second-order valence-corrected chi connectivity index (χ2v) is 13.2. The van der Waals surface area contributed by atoms with Crippen LogP contribution in [0, 0.1) is 0 Å². The van der Waals surface area contributed by atoms with E-state index in [2.05, 4.69) is 41.2 Å². The number of nitrogens with one attached hydrogen (secondary N) is 4. The Kier molecular flexibility index (Phi) is 13.7. The Morgan fingerprint density at radius 2 is 1.02 bits per heavy atom. The van der Waals surface area contributed by atoms with Crippen molar-refractivity contribution >= 4 is 36.0 Å². The highest BCUT2D eigenvalue weighted by atomic mass is 16.6. The summed E-state index contributed by atoms with van der Waals surface area (Å²) in [5, 5.41) is 29.9. The molecule has 50 heavy (non-hydrogen) atoms. The van der Waals surface area contributed by atoms with E-state index in [4.69, 9.17) is 14.5 Å². The van der Waals surface area contributed by atoms with E-state index in [0.29, 0.717) is 60.6 Å². The number of aromatic nitrogens is 5. The largest absolute Gasteiger partial charge is 0.480 e. The maximum absolute atomic E-state index is 12.0. The fourth-order valence-electron chi connectivity index (χ4n) is 4.32. The average Bonchev–Trinajstić information content (AvgIpc) is 3.02. The number of carboxylic acid groups (broad SMARTS) is 2. The van der Waals surface area contributed by atoms with Gasteiger partial charge in [0.2, 0.25) is 11.9 Å². The van der Waals surface area contributed by atoms with Crippen LogP contribution in [-0.4, -0.2) is 95.6 Å². The molecule has 0 bridgehead atoms. The van der Waals surface area contributed by atoms with Crippen molar-refractivity contribution in [2.45, 2.75) is 90.5 Å². The Bertz CT molecular complexity index is 1510. The zero-order valence-corrected chi connectivity index (χ0v) is 29.0. The van der Waals surface area contributed by atoms with Crippen LogP contribution >= 0.6 is 0 Å². The number of alkyl carbamates (subject to hydrolysis) is 2. The van der Waals surface area contributed by atoms with E-state index in [0.717, 1.165) is 0 Å². The summed E-state index contributed by atoms with van der Waals surface area (Å²) in [6.07, 6.45) is 2.69. The number of anilines is 2. The summed E-state index contributed by atoms with van der Waals surface area (Å²) in [7, 11) is 0. The first-order valence-electron chi connectivity index (χ1n) is 16.1. The molecule has 17 nitrogen and oxygen atoms in total. The van der Waals surface area contributed by atoms with Gasteiger partial charge in [-0.05, 0) is 91.5 Å². The van der Waals surface area contributed by atoms with E-state index < -0.39 is 47.4 Å². The number of ether oxygens (including phenoxy) is 2. The molecule has 17 heteroatoms. The van der Waals surface area contributed by atoms with Gasteiger partial charge in [0.1, 0.15) is 23.3 Å². The quantitative estimate of drug-likeness (QED) is 0.114. The number of carboxylic acids is 2. The van der Waals surface area contributed by atoms with Gasteiger partial charge < -0.3 is 41.0 Å². The van der Waals surface area contributed by atoms with E-state index in [1.807, 2.05) is 6.07 Å². The van der Waals surface area contributed by atoms with Crippen molar-refractivity contribution in [1.82, 2.24) is 35.6 Å². The van der Waals surface area contributed by atoms with Crippen LogP contribution in [0.15, 0.2) is 42.7 Å². The lowest BCUT2D eigenvalue weighted by molar-refractivity contribution is -0.140. The lowest BCUT2D eigenvalue weighted by atomic mass is 10.1. The molecule has 0 saturated carbocycles. The molecule has 3 rings (SSSR count). The average molecular weight is 696 g/mol. The number of pyridine rings is 1. The minimum absolute atomic E-state index is 0.162. The van der Waals surface area contributed by atoms with E-state index in [1.54, 1.807) is 78.2 Å². The molecule has 0 unspecified atom stereocenters. The molecule has 0 fully saturated rings. The normalized spacial score (nSPS) is 12.6. The van der Waals surface area contributed by atoms with Crippen molar-refractivity contribution < 1.29 is 38.9 Å².